The number of hydrogen-bond acceptors (Lipinski definition) is 3. The van der Waals surface area contributed by atoms with Crippen LogP contribution in [0.2, 0.25) is 5.15 Å². The van der Waals surface area contributed by atoms with Crippen LogP contribution in [-0.4, -0.2) is 24.9 Å². The van der Waals surface area contributed by atoms with Crippen LogP contribution >= 0.6 is 11.6 Å². The van der Waals surface area contributed by atoms with Gasteiger partial charge >= 0.3 is 0 Å². The van der Waals surface area contributed by atoms with Crippen molar-refractivity contribution < 1.29 is 8.42 Å². The highest BCUT2D eigenvalue weighted by Gasteiger charge is 2.22. The Hall–Kier alpha value is -1.11. The first-order valence-electron chi connectivity index (χ1n) is 4.12. The third-order valence-corrected chi connectivity index (χ3v) is 3.78. The lowest BCUT2D eigenvalue weighted by molar-refractivity contribution is 0.583. The third-order valence-electron chi connectivity index (χ3n) is 1.97. The molecule has 80 valence electrons. The summed E-state index contributed by atoms with van der Waals surface area (Å²) in [5, 5.41) is -0.0715. The van der Waals surface area contributed by atoms with E-state index in [9.17, 15) is 8.42 Å². The molecule has 1 N–H and O–H groups in total. The topological polar surface area (TPSA) is 63.5 Å². The molecular weight excluding hydrogens is 238 g/mol. The molecule has 0 atom stereocenters. The zero-order valence-electron chi connectivity index (χ0n) is 7.81. The van der Waals surface area contributed by atoms with E-state index in [0.717, 1.165) is 0 Å². The Morgan fingerprint density at radius 1 is 1.47 bits per heavy atom. The van der Waals surface area contributed by atoms with Gasteiger partial charge in [0.05, 0.1) is 0 Å². The largest absolute Gasteiger partial charge is 0.288 e. The normalized spacial score (nSPS) is 12.1. The standard InChI is InChI=1S/C8H8ClN3O2S/c1-10-15(13,14)8-7(9)11-6-4-2-3-5-12(6)8/h2-5,10H,1H3. The molecule has 7 heteroatoms. The summed E-state index contributed by atoms with van der Waals surface area (Å²) < 4.78 is 26.9. The van der Waals surface area contributed by atoms with Gasteiger partial charge in [-0.1, -0.05) is 17.7 Å². The van der Waals surface area contributed by atoms with Crippen molar-refractivity contribution in [2.75, 3.05) is 7.05 Å². The van der Waals surface area contributed by atoms with E-state index >= 15 is 0 Å². The van der Waals surface area contributed by atoms with Gasteiger partial charge in [-0.25, -0.2) is 18.1 Å². The molecule has 0 radical (unpaired) electrons. The summed E-state index contributed by atoms with van der Waals surface area (Å²) in [5.41, 5.74) is 0.497. The number of nitrogens with one attached hydrogen (secondary N) is 1. The number of pyridine rings is 1. The molecule has 0 amide bonds. The minimum absolute atomic E-state index is 0.0319. The van der Waals surface area contributed by atoms with Crippen molar-refractivity contribution in [1.29, 1.82) is 0 Å². The Labute approximate surface area is 91.7 Å². The maximum atomic E-state index is 11.6. The van der Waals surface area contributed by atoms with E-state index in [1.54, 1.807) is 24.4 Å². The highest BCUT2D eigenvalue weighted by atomic mass is 35.5. The number of halogens is 1. The summed E-state index contributed by atoms with van der Waals surface area (Å²) in [7, 11) is -2.27. The Bertz CT molecular complexity index is 605. The van der Waals surface area contributed by atoms with Crippen LogP contribution in [0.15, 0.2) is 29.4 Å². The first-order chi connectivity index (χ1) is 7.06. The summed E-state index contributed by atoms with van der Waals surface area (Å²) in [5.74, 6) is 0. The minimum atomic E-state index is -3.59. The molecule has 15 heavy (non-hydrogen) atoms. The van der Waals surface area contributed by atoms with Crippen molar-refractivity contribution in [2.45, 2.75) is 5.03 Å². The summed E-state index contributed by atoms with van der Waals surface area (Å²) >= 11 is 5.78. The molecular formula is C8H8ClN3O2S. The van der Waals surface area contributed by atoms with Crippen LogP contribution in [0.1, 0.15) is 0 Å². The molecule has 0 aliphatic heterocycles. The van der Waals surface area contributed by atoms with Crippen LogP contribution in [-0.2, 0) is 10.0 Å². The highest BCUT2D eigenvalue weighted by molar-refractivity contribution is 7.89. The summed E-state index contributed by atoms with van der Waals surface area (Å²) in [6.45, 7) is 0. The van der Waals surface area contributed by atoms with Gasteiger partial charge in [0.25, 0.3) is 10.0 Å². The monoisotopic (exact) mass is 245 g/mol. The number of imidazole rings is 1. The van der Waals surface area contributed by atoms with Crippen LogP contribution in [0.3, 0.4) is 0 Å². The fourth-order valence-electron chi connectivity index (χ4n) is 1.28. The van der Waals surface area contributed by atoms with E-state index in [-0.39, 0.29) is 10.2 Å². The van der Waals surface area contributed by atoms with Gasteiger partial charge in [-0.2, -0.15) is 0 Å². The number of rotatable bonds is 2. The predicted octanol–water partition coefficient (Wildman–Crippen LogP) is 0.896. The predicted molar refractivity (Wildman–Crippen MR) is 56.4 cm³/mol. The molecule has 2 aromatic rings. The molecule has 0 saturated carbocycles. The van der Waals surface area contributed by atoms with Gasteiger partial charge in [0.1, 0.15) is 5.65 Å². The van der Waals surface area contributed by atoms with Gasteiger partial charge in [-0.15, -0.1) is 0 Å². The maximum Gasteiger partial charge on any atom is 0.259 e. The van der Waals surface area contributed by atoms with Crippen LogP contribution in [0.4, 0.5) is 0 Å². The lowest BCUT2D eigenvalue weighted by atomic mass is 10.5. The van der Waals surface area contributed by atoms with Crippen LogP contribution in [0, 0.1) is 0 Å². The molecule has 0 fully saturated rings. The summed E-state index contributed by atoms with van der Waals surface area (Å²) in [6, 6.07) is 5.15. The Morgan fingerprint density at radius 3 is 2.87 bits per heavy atom. The van der Waals surface area contributed by atoms with Crippen molar-refractivity contribution in [1.82, 2.24) is 14.1 Å². The molecule has 0 aromatic carbocycles. The van der Waals surface area contributed by atoms with Gasteiger partial charge < -0.3 is 0 Å². The third kappa shape index (κ3) is 1.60. The lowest BCUT2D eigenvalue weighted by Crippen LogP contribution is -2.20. The molecule has 2 heterocycles. The van der Waals surface area contributed by atoms with E-state index < -0.39 is 10.0 Å². The van der Waals surface area contributed by atoms with Crippen LogP contribution in [0.5, 0.6) is 0 Å². The number of sulfonamides is 1. The van der Waals surface area contributed by atoms with E-state index in [2.05, 4.69) is 9.71 Å². The molecule has 0 aliphatic carbocycles. The average molecular weight is 246 g/mol. The van der Waals surface area contributed by atoms with Crippen LogP contribution in [0.25, 0.3) is 5.65 Å². The second kappa shape index (κ2) is 3.48. The quantitative estimate of drug-likeness (QED) is 0.855. The summed E-state index contributed by atoms with van der Waals surface area (Å²) in [6.07, 6.45) is 1.60. The average Bonchev–Trinajstić information content (AvgIpc) is 2.54. The zero-order valence-corrected chi connectivity index (χ0v) is 9.38. The van der Waals surface area contributed by atoms with Gasteiger partial charge in [-0.05, 0) is 19.2 Å². The second-order valence-corrected chi connectivity index (χ2v) is 5.00. The smallest absolute Gasteiger partial charge is 0.259 e. The molecule has 0 unspecified atom stereocenters. The lowest BCUT2D eigenvalue weighted by Gasteiger charge is -2.01. The van der Waals surface area contributed by atoms with E-state index in [1.165, 1.54) is 11.4 Å². The van der Waals surface area contributed by atoms with Gasteiger partial charge in [-0.3, -0.25) is 4.40 Å². The maximum absolute atomic E-state index is 11.6. The Morgan fingerprint density at radius 2 is 2.20 bits per heavy atom. The van der Waals surface area contributed by atoms with Crippen molar-refractivity contribution in [3.63, 3.8) is 0 Å². The molecule has 0 aliphatic rings. The highest BCUT2D eigenvalue weighted by Crippen LogP contribution is 2.21. The first kappa shape index (κ1) is 10.4. The number of fused-ring (bicyclic) bond motifs is 1. The fraction of sp³-hybridized carbons (Fsp3) is 0.125. The zero-order chi connectivity index (χ0) is 11.1. The van der Waals surface area contributed by atoms with Crippen molar-refractivity contribution in [3.8, 4) is 0 Å². The van der Waals surface area contributed by atoms with Crippen LogP contribution < -0.4 is 4.72 Å². The van der Waals surface area contributed by atoms with Crippen molar-refractivity contribution in [3.05, 3.63) is 29.5 Å². The Kier molecular flexibility index (Phi) is 2.41. The molecule has 0 bridgehead atoms. The van der Waals surface area contributed by atoms with E-state index in [0.29, 0.717) is 5.65 Å². The number of aromatic nitrogens is 2. The molecule has 0 saturated heterocycles. The van der Waals surface area contributed by atoms with E-state index in [4.69, 9.17) is 11.6 Å². The number of hydrogen-bond donors (Lipinski definition) is 1. The first-order valence-corrected chi connectivity index (χ1v) is 5.98. The van der Waals surface area contributed by atoms with Gasteiger partial charge in [0, 0.05) is 6.20 Å². The minimum Gasteiger partial charge on any atom is -0.288 e. The summed E-state index contributed by atoms with van der Waals surface area (Å²) in [4.78, 5) is 3.94. The van der Waals surface area contributed by atoms with Crippen molar-refractivity contribution in [2.24, 2.45) is 0 Å². The molecule has 5 nitrogen and oxygen atoms in total. The molecule has 0 spiro atoms. The number of nitrogens with zero attached hydrogens (tertiary/aromatic N) is 2. The SMILES string of the molecule is CNS(=O)(=O)c1c(Cl)nc2ccccn12. The van der Waals surface area contributed by atoms with Gasteiger partial charge in [0.15, 0.2) is 10.2 Å². The van der Waals surface area contributed by atoms with E-state index in [1.807, 2.05) is 0 Å². The molecule has 2 aromatic heterocycles. The Balaban J connectivity index is 2.87. The fourth-order valence-corrected chi connectivity index (χ4v) is 2.64. The van der Waals surface area contributed by atoms with Crippen molar-refractivity contribution >= 4 is 27.3 Å². The second-order valence-electron chi connectivity index (χ2n) is 2.84. The molecule has 2 rings (SSSR count). The van der Waals surface area contributed by atoms with Gasteiger partial charge in [0.2, 0.25) is 0 Å².